The van der Waals surface area contributed by atoms with Gasteiger partial charge >= 0.3 is 0 Å². The lowest BCUT2D eigenvalue weighted by molar-refractivity contribution is 0.0987. The predicted octanol–water partition coefficient (Wildman–Crippen LogP) is 6.01. The normalized spacial score (nSPS) is 14.0. The molecular weight excluding hydrogens is 901 g/mol. The number of aliphatic hydroxyl groups is 2. The molecule has 0 radical (unpaired) electrons. The van der Waals surface area contributed by atoms with E-state index in [1.165, 1.54) is 50.6 Å². The Morgan fingerprint density at radius 2 is 1.28 bits per heavy atom. The Labute approximate surface area is 365 Å². The maximum absolute atomic E-state index is 14.7. The summed E-state index contributed by atoms with van der Waals surface area (Å²) in [6, 6.07) is 11.9. The van der Waals surface area contributed by atoms with E-state index in [0.717, 1.165) is 0 Å². The largest absolute Gasteiger partial charge is 0.491 e. The van der Waals surface area contributed by atoms with E-state index in [1.54, 1.807) is 45.7 Å². The van der Waals surface area contributed by atoms with Crippen molar-refractivity contribution < 1.29 is 38.1 Å². The van der Waals surface area contributed by atoms with Crippen LogP contribution < -0.4 is 20.9 Å². The molecule has 6 aromatic rings. The van der Waals surface area contributed by atoms with Gasteiger partial charge in [-0.3, -0.25) is 19.6 Å². The standard InChI is InChI=1S/C21H16ClFN4O3.C12H9BrFN3O2.C9H8ClNO/c1-21(29,18-3-2-13(22)10-25-18)5-4-12-8-14-17(9-15(12)23)30-7-6-27-11-16(19(24)28)26-20(14)27;13-7-3-6-10(4-8(7)14)19-2-1-17-5-9(11(15)18)16-12(6)17;1-3-9(2,12)8-5-4-7(10)6-11-8/h2-3,8-11,29H,6-7H2,1H3,(H2,24,28);3-5H,1-2H2,(H2,15,18);1,4-6,12H,2H3. The Bertz CT molecular complexity index is 2760. The molecule has 0 saturated carbocycles. The predicted molar refractivity (Wildman–Crippen MR) is 224 cm³/mol. The van der Waals surface area contributed by atoms with Crippen molar-refractivity contribution in [3.05, 3.63) is 128 Å². The fourth-order valence-electron chi connectivity index (χ4n) is 5.77. The molecule has 2 aliphatic rings. The number of ether oxygens (including phenoxy) is 2. The van der Waals surface area contributed by atoms with Crippen LogP contribution in [0.15, 0.2) is 77.8 Å². The second-order valence-electron chi connectivity index (χ2n) is 13.6. The number of halogens is 5. The van der Waals surface area contributed by atoms with Crippen LogP contribution in [0.2, 0.25) is 10.0 Å². The number of imidazole rings is 2. The number of carbonyl (C=O) groups excluding carboxylic acids is 2. The van der Waals surface area contributed by atoms with Crippen LogP contribution in [0.4, 0.5) is 8.78 Å². The van der Waals surface area contributed by atoms with Crippen molar-refractivity contribution in [1.82, 2.24) is 29.1 Å². The quantitative estimate of drug-likeness (QED) is 0.152. The van der Waals surface area contributed by atoms with Gasteiger partial charge in [-0.1, -0.05) is 41.0 Å². The first kappa shape index (κ1) is 44.2. The van der Waals surface area contributed by atoms with Crippen molar-refractivity contribution in [2.45, 2.75) is 38.1 Å². The summed E-state index contributed by atoms with van der Waals surface area (Å²) in [5, 5.41) is 21.1. The summed E-state index contributed by atoms with van der Waals surface area (Å²) in [6.45, 7) is 4.54. The molecule has 6 heterocycles. The van der Waals surface area contributed by atoms with E-state index in [-0.39, 0.29) is 35.0 Å². The van der Waals surface area contributed by atoms with Crippen molar-refractivity contribution >= 4 is 50.9 Å². The molecule has 0 spiro atoms. The number of nitrogens with two attached hydrogens (primary N) is 2. The van der Waals surface area contributed by atoms with Crippen LogP contribution in [0.5, 0.6) is 11.5 Å². The highest BCUT2D eigenvalue weighted by molar-refractivity contribution is 9.10. The number of aromatic nitrogens is 6. The monoisotopic (exact) mass is 932 g/mol. The highest BCUT2D eigenvalue weighted by atomic mass is 79.9. The number of pyridine rings is 2. The smallest absolute Gasteiger partial charge is 0.268 e. The van der Waals surface area contributed by atoms with E-state index in [1.807, 2.05) is 0 Å². The first-order valence-corrected chi connectivity index (χ1v) is 19.4. The molecule has 4 aromatic heterocycles. The highest BCUT2D eigenvalue weighted by Crippen LogP contribution is 2.36. The maximum atomic E-state index is 14.7. The zero-order chi connectivity index (χ0) is 44.2. The van der Waals surface area contributed by atoms with E-state index < -0.39 is 34.7 Å². The maximum Gasteiger partial charge on any atom is 0.268 e. The Kier molecular flexibility index (Phi) is 13.1. The number of carbonyl (C=O) groups is 2. The first-order chi connectivity index (χ1) is 28.9. The number of benzene rings is 2. The van der Waals surface area contributed by atoms with Crippen molar-refractivity contribution in [2.75, 3.05) is 13.2 Å². The molecule has 6 N–H and O–H groups in total. The minimum absolute atomic E-state index is 0.0312. The average molecular weight is 935 g/mol. The molecule has 0 saturated heterocycles. The minimum atomic E-state index is -1.63. The molecule has 0 aliphatic carbocycles. The molecule has 0 fully saturated rings. The van der Waals surface area contributed by atoms with Gasteiger partial charge in [0.05, 0.1) is 55.7 Å². The summed E-state index contributed by atoms with van der Waals surface area (Å²) in [6.07, 6.45) is 11.0. The molecule has 2 aliphatic heterocycles. The number of nitrogens with zero attached hydrogens (tertiary/aromatic N) is 6. The third-order valence-corrected chi connectivity index (χ3v) is 10.0. The fourth-order valence-corrected chi connectivity index (χ4v) is 6.34. The fraction of sp³-hybridized carbons (Fsp3) is 0.190. The van der Waals surface area contributed by atoms with Crippen LogP contribution >= 0.6 is 39.1 Å². The lowest BCUT2D eigenvalue weighted by Gasteiger charge is -2.15. The lowest BCUT2D eigenvalue weighted by Crippen LogP contribution is -2.20. The number of terminal acetylenes is 1. The summed E-state index contributed by atoms with van der Waals surface area (Å²) in [4.78, 5) is 39.1. The molecular formula is C42H33BrCl2F2N8O6. The van der Waals surface area contributed by atoms with E-state index in [4.69, 9.17) is 50.6 Å². The molecule has 2 amide bonds. The summed E-state index contributed by atoms with van der Waals surface area (Å²) in [7, 11) is 0. The molecule has 312 valence electrons. The Balaban J connectivity index is 0.000000171. The van der Waals surface area contributed by atoms with E-state index in [9.17, 15) is 28.6 Å². The molecule has 8 rings (SSSR count). The summed E-state index contributed by atoms with van der Waals surface area (Å²) < 4.78 is 43.1. The first-order valence-electron chi connectivity index (χ1n) is 17.9. The van der Waals surface area contributed by atoms with Gasteiger partial charge in [-0.05, 0) is 66.2 Å². The van der Waals surface area contributed by atoms with Crippen LogP contribution in [-0.4, -0.2) is 64.3 Å². The van der Waals surface area contributed by atoms with Crippen molar-refractivity contribution in [1.29, 1.82) is 0 Å². The van der Waals surface area contributed by atoms with Crippen molar-refractivity contribution in [2.24, 2.45) is 11.5 Å². The van der Waals surface area contributed by atoms with Gasteiger partial charge in [0, 0.05) is 36.9 Å². The van der Waals surface area contributed by atoms with Gasteiger partial charge in [0.2, 0.25) is 0 Å². The molecule has 19 heteroatoms. The number of amides is 2. The second kappa shape index (κ2) is 18.1. The van der Waals surface area contributed by atoms with Gasteiger partial charge in [-0.2, -0.15) is 0 Å². The summed E-state index contributed by atoms with van der Waals surface area (Å²) in [5.41, 5.74) is 9.72. The van der Waals surface area contributed by atoms with Crippen LogP contribution in [0.25, 0.3) is 22.8 Å². The van der Waals surface area contributed by atoms with E-state index >= 15 is 0 Å². The third kappa shape index (κ3) is 10.2. The Hall–Kier alpha value is -6.34. The Morgan fingerprint density at radius 3 is 1.74 bits per heavy atom. The van der Waals surface area contributed by atoms with Gasteiger partial charge in [0.15, 0.2) is 11.2 Å². The van der Waals surface area contributed by atoms with E-state index in [2.05, 4.69) is 53.6 Å². The summed E-state index contributed by atoms with van der Waals surface area (Å²) in [5.74, 6) is 6.91. The van der Waals surface area contributed by atoms with E-state index in [0.29, 0.717) is 68.4 Å². The number of hydrogen-bond donors (Lipinski definition) is 4. The van der Waals surface area contributed by atoms with Gasteiger partial charge in [-0.15, -0.1) is 6.42 Å². The molecule has 2 atom stereocenters. The molecule has 14 nitrogen and oxygen atoms in total. The van der Waals surface area contributed by atoms with Crippen molar-refractivity contribution in [3.63, 3.8) is 0 Å². The van der Waals surface area contributed by atoms with Gasteiger partial charge in [0.25, 0.3) is 11.8 Å². The van der Waals surface area contributed by atoms with Crippen LogP contribution in [-0.2, 0) is 24.3 Å². The van der Waals surface area contributed by atoms with Gasteiger partial charge < -0.3 is 40.3 Å². The zero-order valence-electron chi connectivity index (χ0n) is 32.1. The summed E-state index contributed by atoms with van der Waals surface area (Å²) >= 11 is 14.6. The van der Waals surface area contributed by atoms with Crippen LogP contribution in [0.1, 0.15) is 51.8 Å². The molecule has 0 bridgehead atoms. The number of primary amides is 2. The number of rotatable bonds is 4. The molecule has 61 heavy (non-hydrogen) atoms. The highest BCUT2D eigenvalue weighted by Gasteiger charge is 2.25. The number of hydrogen-bond acceptors (Lipinski definition) is 10. The van der Waals surface area contributed by atoms with Gasteiger partial charge in [0.1, 0.15) is 59.4 Å². The van der Waals surface area contributed by atoms with Crippen molar-refractivity contribution in [3.8, 4) is 58.5 Å². The molecule has 2 aromatic carbocycles. The second-order valence-corrected chi connectivity index (χ2v) is 15.3. The zero-order valence-corrected chi connectivity index (χ0v) is 35.2. The average Bonchev–Trinajstić information content (AvgIpc) is 3.77. The molecule has 2 unspecified atom stereocenters. The van der Waals surface area contributed by atoms with Crippen LogP contribution in [0.3, 0.4) is 0 Å². The SMILES string of the molecule is C#CC(C)(O)c1ccc(Cl)cn1.CC(O)(C#Cc1cc2c(cc1F)OCCn1cc(C(N)=O)nc1-2)c1ccc(Cl)cn1.NC(=O)c1cn2c(n1)-c1cc(Br)c(F)cc1OCC2. The van der Waals surface area contributed by atoms with Gasteiger partial charge in [-0.25, -0.2) is 18.7 Å². The topological polar surface area (TPSA) is 207 Å². The Morgan fingerprint density at radius 1 is 0.803 bits per heavy atom. The third-order valence-electron chi connectivity index (χ3n) is 8.98. The number of fused-ring (bicyclic) bond motifs is 6. The van der Waals surface area contributed by atoms with Crippen LogP contribution in [0, 0.1) is 35.8 Å². The minimum Gasteiger partial charge on any atom is -0.491 e. The lowest BCUT2D eigenvalue weighted by atomic mass is 10.0.